The van der Waals surface area contributed by atoms with Gasteiger partial charge in [-0.1, -0.05) is 26.2 Å². The molecule has 1 unspecified atom stereocenters. The van der Waals surface area contributed by atoms with E-state index in [4.69, 9.17) is 19.6 Å². The molecule has 0 aromatic rings. The normalized spacial score (nSPS) is 14.3. The second kappa shape index (κ2) is 11.9. The van der Waals surface area contributed by atoms with Crippen LogP contribution in [0.1, 0.15) is 39.0 Å². The largest absolute Gasteiger partial charge is 0.673 e. The highest BCUT2D eigenvalue weighted by Gasteiger charge is 2.47. The molecule has 0 spiro atoms. The van der Waals surface area contributed by atoms with E-state index >= 15 is 0 Å². The first-order valence-electron chi connectivity index (χ1n) is 7.16. The quantitative estimate of drug-likeness (QED) is 0.141. The van der Waals surface area contributed by atoms with E-state index in [0.717, 1.165) is 31.4 Å². The molecule has 0 aliphatic carbocycles. The first-order valence-corrected chi connectivity index (χ1v) is 12.5. The lowest BCUT2D eigenvalue weighted by Crippen LogP contribution is -2.23. The van der Waals surface area contributed by atoms with Crippen molar-refractivity contribution in [2.24, 2.45) is 0 Å². The van der Waals surface area contributed by atoms with Gasteiger partial charge in [0, 0.05) is 0 Å². The molecule has 0 aliphatic rings. The summed E-state index contributed by atoms with van der Waals surface area (Å²) in [5.74, 6) is 0.655. The summed E-state index contributed by atoms with van der Waals surface area (Å²) in [6.45, 7) is 2.12. The van der Waals surface area contributed by atoms with E-state index in [1.165, 1.54) is 6.42 Å². The zero-order valence-corrected chi connectivity index (χ0v) is 16.1. The SMILES string of the molecule is CCCCCCC[S+](C)CC(P(=O)(O)O)P(=O)(O)O.F[B-](F)(F)F. The van der Waals surface area contributed by atoms with Gasteiger partial charge in [-0.25, -0.2) is 0 Å². The minimum atomic E-state index is -6.00. The van der Waals surface area contributed by atoms with Crippen LogP contribution in [0.3, 0.4) is 0 Å². The Balaban J connectivity index is 0. The topological polar surface area (TPSA) is 115 Å². The van der Waals surface area contributed by atoms with Crippen molar-refractivity contribution in [3.63, 3.8) is 0 Å². The van der Waals surface area contributed by atoms with E-state index in [1.807, 2.05) is 0 Å². The number of hydrogen-bond donors (Lipinski definition) is 4. The number of unbranched alkanes of at least 4 members (excludes halogenated alkanes) is 4. The molecule has 0 aromatic heterocycles. The Hall–Kier alpha value is 0.435. The van der Waals surface area contributed by atoms with Gasteiger partial charge in [-0.05, 0) is 23.7 Å². The molecule has 0 aromatic carbocycles. The van der Waals surface area contributed by atoms with Crippen LogP contribution in [-0.4, -0.2) is 50.0 Å². The second-order valence-electron chi connectivity index (χ2n) is 5.22. The number of halogens is 4. The van der Waals surface area contributed by atoms with Crippen molar-refractivity contribution >= 4 is 33.3 Å². The van der Waals surface area contributed by atoms with Crippen LogP contribution in [0, 0.1) is 0 Å². The van der Waals surface area contributed by atoms with Crippen LogP contribution >= 0.6 is 15.2 Å². The summed E-state index contributed by atoms with van der Waals surface area (Å²) < 4.78 is 61.3. The molecular formula is C10H25BF4O6P2S. The highest BCUT2D eigenvalue weighted by atomic mass is 32.2. The Morgan fingerprint density at radius 1 is 0.917 bits per heavy atom. The van der Waals surface area contributed by atoms with Gasteiger partial charge in [0.2, 0.25) is 5.40 Å². The van der Waals surface area contributed by atoms with Crippen LogP contribution in [0.2, 0.25) is 0 Å². The number of hydrogen-bond acceptors (Lipinski definition) is 2. The fourth-order valence-corrected chi connectivity index (χ4v) is 7.70. The molecule has 4 N–H and O–H groups in total. The predicted molar refractivity (Wildman–Crippen MR) is 89.8 cm³/mol. The van der Waals surface area contributed by atoms with Gasteiger partial charge in [-0.15, -0.1) is 0 Å². The Morgan fingerprint density at radius 2 is 1.29 bits per heavy atom. The Kier molecular flexibility index (Phi) is 13.3. The molecule has 0 radical (unpaired) electrons. The Bertz CT molecular complexity index is 402. The van der Waals surface area contributed by atoms with Crippen molar-refractivity contribution in [2.75, 3.05) is 17.8 Å². The van der Waals surface area contributed by atoms with Gasteiger partial charge in [-0.3, -0.25) is 9.13 Å². The molecule has 148 valence electrons. The fraction of sp³-hybridized carbons (Fsp3) is 1.00. The zero-order chi connectivity index (χ0) is 19.6. The second-order valence-corrected chi connectivity index (χ2v) is 11.5. The molecule has 0 saturated carbocycles. The lowest BCUT2D eigenvalue weighted by Gasteiger charge is -2.18. The molecule has 0 heterocycles. The Morgan fingerprint density at radius 3 is 1.62 bits per heavy atom. The highest BCUT2D eigenvalue weighted by molar-refractivity contribution is 7.97. The summed E-state index contributed by atoms with van der Waals surface area (Å²) in [5.41, 5.74) is 0. The summed E-state index contributed by atoms with van der Waals surface area (Å²) in [7, 11) is -15.9. The van der Waals surface area contributed by atoms with Gasteiger partial charge >= 0.3 is 22.4 Å². The first-order chi connectivity index (χ1) is 10.6. The minimum Gasteiger partial charge on any atom is -0.418 e. The van der Waals surface area contributed by atoms with Gasteiger partial charge in [0.25, 0.3) is 0 Å². The minimum absolute atomic E-state index is 0.109. The van der Waals surface area contributed by atoms with Crippen molar-refractivity contribution < 1.29 is 46.0 Å². The molecule has 24 heavy (non-hydrogen) atoms. The van der Waals surface area contributed by atoms with Crippen molar-refractivity contribution in [1.29, 1.82) is 0 Å². The van der Waals surface area contributed by atoms with E-state index in [9.17, 15) is 26.4 Å². The predicted octanol–water partition coefficient (Wildman–Crippen LogP) is 3.19. The van der Waals surface area contributed by atoms with Crippen molar-refractivity contribution in [2.45, 2.75) is 44.4 Å². The van der Waals surface area contributed by atoms with E-state index in [2.05, 4.69) is 6.92 Å². The molecular weight excluding hydrogens is 397 g/mol. The molecule has 0 rings (SSSR count). The van der Waals surface area contributed by atoms with Gasteiger partial charge < -0.3 is 36.8 Å². The first kappa shape index (κ1) is 26.7. The maximum absolute atomic E-state index is 11.1. The molecule has 1 atom stereocenters. The van der Waals surface area contributed by atoms with E-state index < -0.39 is 27.8 Å². The lowest BCUT2D eigenvalue weighted by molar-refractivity contribution is 0.342. The van der Waals surface area contributed by atoms with E-state index in [0.29, 0.717) is 0 Å². The monoisotopic (exact) mass is 422 g/mol. The van der Waals surface area contributed by atoms with Crippen LogP contribution < -0.4 is 0 Å². The summed E-state index contributed by atoms with van der Waals surface area (Å²) >= 11 is 0. The fourth-order valence-electron chi connectivity index (χ4n) is 1.68. The molecule has 0 saturated heterocycles. The summed E-state index contributed by atoms with van der Waals surface area (Å²) in [6, 6.07) is 0. The Labute approximate surface area is 142 Å². The van der Waals surface area contributed by atoms with Gasteiger partial charge in [0.1, 0.15) is 11.5 Å². The molecule has 0 bridgehead atoms. The van der Waals surface area contributed by atoms with Crippen molar-refractivity contribution in [3.05, 3.63) is 0 Å². The van der Waals surface area contributed by atoms with Crippen LogP contribution in [0.25, 0.3) is 0 Å². The van der Waals surface area contributed by atoms with Crippen LogP contribution in [0.4, 0.5) is 17.3 Å². The van der Waals surface area contributed by atoms with Crippen LogP contribution in [0.15, 0.2) is 0 Å². The molecule has 0 amide bonds. The van der Waals surface area contributed by atoms with Crippen molar-refractivity contribution in [1.82, 2.24) is 0 Å². The lowest BCUT2D eigenvalue weighted by atomic mass is 10.2. The average Bonchev–Trinajstić information content (AvgIpc) is 2.31. The third-order valence-corrected chi connectivity index (χ3v) is 8.91. The maximum Gasteiger partial charge on any atom is 0.673 e. The molecule has 0 fully saturated rings. The summed E-state index contributed by atoms with van der Waals surface area (Å²) in [5, 5.41) is -1.84. The average molecular weight is 422 g/mol. The summed E-state index contributed by atoms with van der Waals surface area (Å²) in [6.07, 6.45) is 7.25. The maximum atomic E-state index is 11.1. The van der Waals surface area contributed by atoms with E-state index in [-0.39, 0.29) is 16.6 Å². The third kappa shape index (κ3) is 18.8. The smallest absolute Gasteiger partial charge is 0.418 e. The standard InChI is InChI=1S/C10H24O6P2S.BF4/c1-3-4-5-6-7-8-19(2)9-10(17(11,12)13)18(14,15)16;2-1(3,4)5/h10H,3-9H2,1-2H3,(H3-,11,12,13,14,15,16);/q;-1/p+1. The van der Waals surface area contributed by atoms with Gasteiger partial charge in [-0.2, -0.15) is 0 Å². The van der Waals surface area contributed by atoms with Gasteiger partial charge in [0.15, 0.2) is 0 Å². The van der Waals surface area contributed by atoms with Crippen LogP contribution in [0.5, 0.6) is 0 Å². The van der Waals surface area contributed by atoms with Crippen molar-refractivity contribution in [3.8, 4) is 0 Å². The molecule has 14 heteroatoms. The van der Waals surface area contributed by atoms with Gasteiger partial charge in [0.05, 0.1) is 6.26 Å². The zero-order valence-electron chi connectivity index (χ0n) is 13.5. The van der Waals surface area contributed by atoms with E-state index in [1.54, 1.807) is 6.26 Å². The third-order valence-electron chi connectivity index (χ3n) is 2.81. The number of rotatable bonds is 10. The molecule has 6 nitrogen and oxygen atoms in total. The summed E-state index contributed by atoms with van der Waals surface area (Å²) in [4.78, 5) is 36.1. The molecule has 0 aliphatic heterocycles. The highest BCUT2D eigenvalue weighted by Crippen LogP contribution is 2.60. The van der Waals surface area contributed by atoms with Crippen LogP contribution in [-0.2, 0) is 20.0 Å².